The maximum Gasteiger partial charge on any atom is 0.236 e. The van der Waals surface area contributed by atoms with Crippen molar-refractivity contribution in [2.75, 3.05) is 20.1 Å². The Hall–Kier alpha value is -1.39. The molecule has 21 heavy (non-hydrogen) atoms. The number of carbonyl (C=O) groups excluding carboxylic acids is 1. The number of hydrogen-bond donors (Lipinski definition) is 2. The quantitative estimate of drug-likeness (QED) is 0.866. The first kappa shape index (κ1) is 16.0. The van der Waals surface area contributed by atoms with Crippen molar-refractivity contribution in [2.24, 2.45) is 5.92 Å². The Labute approximate surface area is 127 Å². The molecule has 1 aromatic rings. The third kappa shape index (κ3) is 4.83. The van der Waals surface area contributed by atoms with Gasteiger partial charge < -0.3 is 10.6 Å². The molecule has 1 amide bonds. The van der Waals surface area contributed by atoms with Gasteiger partial charge in [-0.2, -0.15) is 0 Å². The second-order valence-corrected chi connectivity index (χ2v) is 6.22. The summed E-state index contributed by atoms with van der Waals surface area (Å²) in [6.07, 6.45) is 1.13. The zero-order valence-electron chi connectivity index (χ0n) is 13.3. The van der Waals surface area contributed by atoms with Gasteiger partial charge in [-0.3, -0.25) is 9.69 Å². The van der Waals surface area contributed by atoms with Crippen molar-refractivity contribution in [3.8, 4) is 0 Å². The predicted octanol–water partition coefficient (Wildman–Crippen LogP) is 1.62. The summed E-state index contributed by atoms with van der Waals surface area (Å²) >= 11 is 0. The molecule has 0 unspecified atom stereocenters. The fourth-order valence-corrected chi connectivity index (χ4v) is 3.20. The fraction of sp³-hybridized carbons (Fsp3) is 0.588. The zero-order chi connectivity index (χ0) is 15.2. The van der Waals surface area contributed by atoms with Crippen LogP contribution < -0.4 is 10.6 Å². The minimum absolute atomic E-state index is 0.0582. The Morgan fingerprint density at radius 1 is 1.33 bits per heavy atom. The lowest BCUT2D eigenvalue weighted by Gasteiger charge is -2.38. The van der Waals surface area contributed by atoms with Gasteiger partial charge in [-0.15, -0.1) is 0 Å². The number of nitrogens with one attached hydrogen (secondary N) is 2. The summed E-state index contributed by atoms with van der Waals surface area (Å²) in [5, 5.41) is 6.16. The third-order valence-electron chi connectivity index (χ3n) is 4.11. The lowest BCUT2D eigenvalue weighted by molar-refractivity contribution is -0.122. The molecule has 2 rings (SSSR count). The highest BCUT2D eigenvalue weighted by atomic mass is 16.2. The number of carbonyl (C=O) groups is 1. The van der Waals surface area contributed by atoms with Crippen LogP contribution in [0.1, 0.15) is 25.8 Å². The van der Waals surface area contributed by atoms with Crippen LogP contribution in [0, 0.1) is 5.92 Å². The van der Waals surface area contributed by atoms with Gasteiger partial charge >= 0.3 is 0 Å². The second-order valence-electron chi connectivity index (χ2n) is 6.22. The van der Waals surface area contributed by atoms with E-state index in [1.807, 2.05) is 6.92 Å². The topological polar surface area (TPSA) is 44.4 Å². The van der Waals surface area contributed by atoms with Crippen LogP contribution in [-0.2, 0) is 11.3 Å². The first-order chi connectivity index (χ1) is 10.1. The largest absolute Gasteiger partial charge is 0.358 e. The number of piperidine rings is 1. The Balaban J connectivity index is 1.91. The smallest absolute Gasteiger partial charge is 0.236 e. The number of hydrogen-bond acceptors (Lipinski definition) is 3. The highest BCUT2D eigenvalue weighted by Crippen LogP contribution is 2.19. The van der Waals surface area contributed by atoms with Crippen molar-refractivity contribution in [1.82, 2.24) is 15.5 Å². The summed E-state index contributed by atoms with van der Waals surface area (Å²) in [4.78, 5) is 14.1. The van der Waals surface area contributed by atoms with E-state index in [0.29, 0.717) is 12.0 Å². The van der Waals surface area contributed by atoms with E-state index >= 15 is 0 Å². The summed E-state index contributed by atoms with van der Waals surface area (Å²) in [5.41, 5.74) is 1.35. The minimum atomic E-state index is -0.135. The van der Waals surface area contributed by atoms with Crippen LogP contribution in [0.5, 0.6) is 0 Å². The van der Waals surface area contributed by atoms with Crippen LogP contribution in [0.2, 0.25) is 0 Å². The molecule has 0 spiro atoms. The maximum absolute atomic E-state index is 11.7. The molecule has 0 radical (unpaired) electrons. The average molecular weight is 289 g/mol. The number of amides is 1. The van der Waals surface area contributed by atoms with Gasteiger partial charge in [0.2, 0.25) is 5.91 Å². The summed E-state index contributed by atoms with van der Waals surface area (Å²) in [6.45, 7) is 7.33. The van der Waals surface area contributed by atoms with Crippen LogP contribution in [-0.4, -0.2) is 43.0 Å². The molecule has 116 valence electrons. The van der Waals surface area contributed by atoms with Gasteiger partial charge in [-0.25, -0.2) is 0 Å². The van der Waals surface area contributed by atoms with Gasteiger partial charge in [0.05, 0.1) is 6.04 Å². The first-order valence-electron chi connectivity index (χ1n) is 7.82. The molecule has 3 atom stereocenters. The van der Waals surface area contributed by atoms with Crippen LogP contribution in [0.25, 0.3) is 0 Å². The van der Waals surface area contributed by atoms with E-state index in [4.69, 9.17) is 0 Å². The molecule has 1 saturated heterocycles. The Morgan fingerprint density at radius 3 is 2.71 bits per heavy atom. The highest BCUT2D eigenvalue weighted by molar-refractivity contribution is 5.80. The SMILES string of the molecule is CNC(=O)[C@@H](C)N[C@H]1C[C@@H](C)CN(Cc2ccccc2)C1. The summed E-state index contributed by atoms with van der Waals surface area (Å²) < 4.78 is 0. The number of rotatable bonds is 5. The van der Waals surface area contributed by atoms with Gasteiger partial charge in [0, 0.05) is 32.7 Å². The van der Waals surface area contributed by atoms with E-state index in [2.05, 4.69) is 52.8 Å². The van der Waals surface area contributed by atoms with Crippen molar-refractivity contribution in [3.63, 3.8) is 0 Å². The molecule has 1 aromatic carbocycles. The van der Waals surface area contributed by atoms with Gasteiger partial charge in [-0.1, -0.05) is 37.3 Å². The molecule has 4 nitrogen and oxygen atoms in total. The zero-order valence-corrected chi connectivity index (χ0v) is 13.3. The number of benzene rings is 1. The van der Waals surface area contributed by atoms with Crippen molar-refractivity contribution in [1.29, 1.82) is 0 Å². The van der Waals surface area contributed by atoms with Gasteiger partial charge in [0.1, 0.15) is 0 Å². The molecule has 4 heteroatoms. The number of likely N-dealkylation sites (N-methyl/N-ethyl adjacent to an activating group) is 1. The van der Waals surface area contributed by atoms with E-state index in [-0.39, 0.29) is 11.9 Å². The number of likely N-dealkylation sites (tertiary alicyclic amines) is 1. The van der Waals surface area contributed by atoms with Crippen LogP contribution in [0.3, 0.4) is 0 Å². The Kier molecular flexibility index (Phi) is 5.76. The number of nitrogens with zero attached hydrogens (tertiary/aromatic N) is 1. The van der Waals surface area contributed by atoms with Crippen molar-refractivity contribution >= 4 is 5.91 Å². The maximum atomic E-state index is 11.7. The normalized spacial score (nSPS) is 24.5. The van der Waals surface area contributed by atoms with Gasteiger partial charge in [-0.05, 0) is 24.8 Å². The van der Waals surface area contributed by atoms with Crippen molar-refractivity contribution in [3.05, 3.63) is 35.9 Å². The van der Waals surface area contributed by atoms with Crippen LogP contribution in [0.15, 0.2) is 30.3 Å². The first-order valence-corrected chi connectivity index (χ1v) is 7.82. The Morgan fingerprint density at radius 2 is 2.05 bits per heavy atom. The van der Waals surface area contributed by atoms with Gasteiger partial charge in [0.25, 0.3) is 0 Å². The monoisotopic (exact) mass is 289 g/mol. The molecule has 0 saturated carbocycles. The van der Waals surface area contributed by atoms with E-state index < -0.39 is 0 Å². The molecule has 0 aromatic heterocycles. The molecular weight excluding hydrogens is 262 g/mol. The molecule has 1 aliphatic heterocycles. The second kappa shape index (κ2) is 7.57. The molecule has 0 aliphatic carbocycles. The lowest BCUT2D eigenvalue weighted by atomic mass is 9.95. The van der Waals surface area contributed by atoms with Crippen LogP contribution in [0.4, 0.5) is 0 Å². The van der Waals surface area contributed by atoms with E-state index in [9.17, 15) is 4.79 Å². The summed E-state index contributed by atoms with van der Waals surface area (Å²) in [7, 11) is 1.69. The summed E-state index contributed by atoms with van der Waals surface area (Å²) in [6, 6.07) is 10.8. The highest BCUT2D eigenvalue weighted by Gasteiger charge is 2.26. The summed E-state index contributed by atoms with van der Waals surface area (Å²) in [5.74, 6) is 0.708. The van der Waals surface area contributed by atoms with E-state index in [1.165, 1.54) is 5.56 Å². The third-order valence-corrected chi connectivity index (χ3v) is 4.11. The predicted molar refractivity (Wildman–Crippen MR) is 86.0 cm³/mol. The van der Waals surface area contributed by atoms with E-state index in [0.717, 1.165) is 26.1 Å². The van der Waals surface area contributed by atoms with Crippen molar-refractivity contribution < 1.29 is 4.79 Å². The van der Waals surface area contributed by atoms with Crippen LogP contribution >= 0.6 is 0 Å². The van der Waals surface area contributed by atoms with Crippen molar-refractivity contribution in [2.45, 2.75) is 38.9 Å². The molecule has 1 aliphatic rings. The fourth-order valence-electron chi connectivity index (χ4n) is 3.20. The minimum Gasteiger partial charge on any atom is -0.358 e. The van der Waals surface area contributed by atoms with Gasteiger partial charge in [0.15, 0.2) is 0 Å². The molecule has 2 N–H and O–H groups in total. The Bertz CT molecular complexity index is 449. The molecule has 1 heterocycles. The standard InChI is InChI=1S/C17H27N3O/c1-13-9-16(19-14(2)17(21)18-3)12-20(10-13)11-15-7-5-4-6-8-15/h4-8,13-14,16,19H,9-12H2,1-3H3,(H,18,21)/t13-,14-,16+/m1/s1. The molecular formula is C17H27N3O. The molecule has 1 fully saturated rings. The average Bonchev–Trinajstić information content (AvgIpc) is 2.46. The molecule has 0 bridgehead atoms. The van der Waals surface area contributed by atoms with E-state index in [1.54, 1.807) is 7.05 Å². The lowest BCUT2D eigenvalue weighted by Crippen LogP contribution is -2.53.